The van der Waals surface area contributed by atoms with E-state index < -0.39 is 0 Å². The molecule has 4 aromatic rings. The van der Waals surface area contributed by atoms with Gasteiger partial charge in [-0.05, 0) is 36.8 Å². The lowest BCUT2D eigenvalue weighted by atomic mass is 10.1. The Morgan fingerprint density at radius 2 is 1.80 bits per heavy atom. The fourth-order valence-electron chi connectivity index (χ4n) is 3.69. The summed E-state index contributed by atoms with van der Waals surface area (Å²) in [5.74, 6) is 0.840. The Labute approximate surface area is 206 Å². The van der Waals surface area contributed by atoms with Crippen molar-refractivity contribution < 1.29 is 19.1 Å². The molecule has 5 rings (SSSR count). The summed E-state index contributed by atoms with van der Waals surface area (Å²) in [7, 11) is 0. The number of carbonyl (C=O) groups is 2. The van der Waals surface area contributed by atoms with Crippen LogP contribution in [0.15, 0.2) is 72.1 Å². The molecule has 8 heteroatoms. The van der Waals surface area contributed by atoms with Crippen LogP contribution in [0.5, 0.6) is 11.5 Å². The van der Waals surface area contributed by atoms with E-state index >= 15 is 0 Å². The van der Waals surface area contributed by atoms with Crippen LogP contribution in [0, 0.1) is 6.92 Å². The predicted molar refractivity (Wildman–Crippen MR) is 135 cm³/mol. The molecule has 1 aliphatic rings. The van der Waals surface area contributed by atoms with Gasteiger partial charge in [0.05, 0.1) is 23.4 Å². The molecule has 0 saturated heterocycles. The Balaban J connectivity index is 1.21. The second kappa shape index (κ2) is 9.99. The fourth-order valence-corrected chi connectivity index (χ4v) is 4.52. The third-order valence-electron chi connectivity index (χ3n) is 5.53. The predicted octanol–water partition coefficient (Wildman–Crippen LogP) is 4.96. The highest BCUT2D eigenvalue weighted by Gasteiger charge is 2.16. The molecule has 35 heavy (non-hydrogen) atoms. The minimum Gasteiger partial charge on any atom is -0.454 e. The molecule has 0 unspecified atom stereocenters. The lowest BCUT2D eigenvalue weighted by Gasteiger charge is -2.11. The first-order chi connectivity index (χ1) is 17.0. The second-order valence-corrected chi connectivity index (χ2v) is 9.01. The van der Waals surface area contributed by atoms with E-state index in [1.54, 1.807) is 24.3 Å². The monoisotopic (exact) mass is 485 g/mol. The first-order valence-electron chi connectivity index (χ1n) is 11.1. The van der Waals surface area contributed by atoms with E-state index in [-0.39, 0.29) is 25.0 Å². The van der Waals surface area contributed by atoms with E-state index in [4.69, 9.17) is 9.47 Å². The summed E-state index contributed by atoms with van der Waals surface area (Å²) in [4.78, 5) is 30.2. The second-order valence-electron chi connectivity index (χ2n) is 8.15. The third-order valence-corrected chi connectivity index (χ3v) is 6.47. The molecular formula is C27H23N3O4S. The van der Waals surface area contributed by atoms with Gasteiger partial charge in [-0.3, -0.25) is 9.59 Å². The number of amides is 2. The number of fused-ring (bicyclic) bond motifs is 1. The highest BCUT2D eigenvalue weighted by molar-refractivity contribution is 7.13. The molecule has 0 saturated carbocycles. The van der Waals surface area contributed by atoms with Crippen LogP contribution in [0.2, 0.25) is 0 Å². The average Bonchev–Trinajstić information content (AvgIpc) is 3.52. The van der Waals surface area contributed by atoms with Crippen LogP contribution in [0.4, 0.5) is 5.69 Å². The molecule has 176 valence electrons. The molecule has 0 radical (unpaired) electrons. The molecule has 0 bridgehead atoms. The minimum absolute atomic E-state index is 0.121. The van der Waals surface area contributed by atoms with Gasteiger partial charge in [0.2, 0.25) is 12.7 Å². The van der Waals surface area contributed by atoms with E-state index in [0.717, 1.165) is 16.1 Å². The van der Waals surface area contributed by atoms with Crippen LogP contribution in [-0.2, 0) is 17.8 Å². The molecular weight excluding hydrogens is 462 g/mol. The van der Waals surface area contributed by atoms with Crippen molar-refractivity contribution in [2.24, 2.45) is 0 Å². The minimum atomic E-state index is -0.283. The van der Waals surface area contributed by atoms with Crippen molar-refractivity contribution in [3.63, 3.8) is 0 Å². The van der Waals surface area contributed by atoms with Gasteiger partial charge in [0.1, 0.15) is 5.01 Å². The maximum atomic E-state index is 12.9. The largest absolute Gasteiger partial charge is 0.454 e. The third kappa shape index (κ3) is 5.33. The molecule has 1 aliphatic heterocycles. The molecule has 3 aromatic carbocycles. The summed E-state index contributed by atoms with van der Waals surface area (Å²) in [5, 5.41) is 8.51. The summed E-state index contributed by atoms with van der Waals surface area (Å²) in [6.45, 7) is 2.56. The number of ether oxygens (including phenoxy) is 2. The zero-order valence-corrected chi connectivity index (χ0v) is 19.9. The highest BCUT2D eigenvalue weighted by atomic mass is 32.1. The van der Waals surface area contributed by atoms with Gasteiger partial charge in [-0.2, -0.15) is 0 Å². The Morgan fingerprint density at radius 3 is 2.66 bits per heavy atom. The summed E-state index contributed by atoms with van der Waals surface area (Å²) in [6.07, 6.45) is 0.121. The molecule has 7 nitrogen and oxygen atoms in total. The van der Waals surface area contributed by atoms with Crippen molar-refractivity contribution in [2.75, 3.05) is 12.1 Å². The molecule has 2 N–H and O–H groups in total. The number of hydrogen-bond donors (Lipinski definition) is 2. The van der Waals surface area contributed by atoms with Gasteiger partial charge in [-0.15, -0.1) is 11.3 Å². The lowest BCUT2D eigenvalue weighted by molar-refractivity contribution is -0.115. The summed E-state index contributed by atoms with van der Waals surface area (Å²) < 4.78 is 10.7. The first kappa shape index (κ1) is 22.6. The molecule has 0 atom stereocenters. The topological polar surface area (TPSA) is 89.6 Å². The summed E-state index contributed by atoms with van der Waals surface area (Å²) in [5.41, 5.74) is 4.62. The number of aromatic nitrogens is 1. The maximum Gasteiger partial charge on any atom is 0.253 e. The standard InChI is InChI=1S/C27H23N3O4S/c1-17-6-9-19(10-7-17)27-29-20(15-35-27)13-25(31)30-22-5-3-2-4-21(22)26(32)28-14-18-8-11-23-24(12-18)34-16-33-23/h2-12,15H,13-14,16H2,1H3,(H,28,32)(H,30,31). The van der Waals surface area contributed by atoms with Gasteiger partial charge in [0.15, 0.2) is 11.5 Å². The van der Waals surface area contributed by atoms with Gasteiger partial charge in [0, 0.05) is 17.5 Å². The number of hydrogen-bond acceptors (Lipinski definition) is 6. The summed E-state index contributed by atoms with van der Waals surface area (Å²) >= 11 is 1.50. The number of nitrogens with one attached hydrogen (secondary N) is 2. The van der Waals surface area contributed by atoms with Crippen molar-refractivity contribution in [1.82, 2.24) is 10.3 Å². The Hall–Kier alpha value is -4.17. The van der Waals surface area contributed by atoms with Crippen molar-refractivity contribution in [1.29, 1.82) is 0 Å². The van der Waals surface area contributed by atoms with Crippen LogP contribution < -0.4 is 20.1 Å². The number of benzene rings is 3. The zero-order chi connectivity index (χ0) is 24.2. The Bertz CT molecular complexity index is 1380. The summed E-state index contributed by atoms with van der Waals surface area (Å²) in [6, 6.07) is 20.6. The van der Waals surface area contributed by atoms with Crippen LogP contribution in [0.1, 0.15) is 27.2 Å². The molecule has 2 amide bonds. The van der Waals surface area contributed by atoms with E-state index in [1.807, 2.05) is 54.8 Å². The Morgan fingerprint density at radius 1 is 1.00 bits per heavy atom. The SMILES string of the molecule is Cc1ccc(-c2nc(CC(=O)Nc3ccccc3C(=O)NCc3ccc4c(c3)OCO4)cs2)cc1. The van der Waals surface area contributed by atoms with Gasteiger partial charge < -0.3 is 20.1 Å². The van der Waals surface area contributed by atoms with Gasteiger partial charge in [-0.25, -0.2) is 4.98 Å². The normalized spacial score (nSPS) is 11.8. The first-order valence-corrected chi connectivity index (χ1v) is 12.0. The fraction of sp³-hybridized carbons (Fsp3) is 0.148. The van der Waals surface area contributed by atoms with E-state index in [0.29, 0.717) is 35.0 Å². The zero-order valence-electron chi connectivity index (χ0n) is 19.0. The average molecular weight is 486 g/mol. The Kier molecular flexibility index (Phi) is 6.45. The number of thiazole rings is 1. The number of carbonyl (C=O) groups excluding carboxylic acids is 2. The maximum absolute atomic E-state index is 12.9. The van der Waals surface area contributed by atoms with E-state index in [2.05, 4.69) is 15.6 Å². The van der Waals surface area contributed by atoms with E-state index in [9.17, 15) is 9.59 Å². The van der Waals surface area contributed by atoms with Crippen molar-refractivity contribution >= 4 is 28.8 Å². The highest BCUT2D eigenvalue weighted by Crippen LogP contribution is 2.32. The van der Waals surface area contributed by atoms with Crippen LogP contribution in [0.3, 0.4) is 0 Å². The molecule has 2 heterocycles. The molecule has 0 fully saturated rings. The lowest BCUT2D eigenvalue weighted by Crippen LogP contribution is -2.25. The molecule has 0 aliphatic carbocycles. The number of aryl methyl sites for hydroxylation is 1. The number of para-hydroxylation sites is 1. The molecule has 1 aromatic heterocycles. The number of anilines is 1. The van der Waals surface area contributed by atoms with Crippen molar-refractivity contribution in [3.05, 3.63) is 94.5 Å². The number of nitrogens with zero attached hydrogens (tertiary/aromatic N) is 1. The van der Waals surface area contributed by atoms with Crippen LogP contribution in [-0.4, -0.2) is 23.6 Å². The number of rotatable bonds is 7. The van der Waals surface area contributed by atoms with E-state index in [1.165, 1.54) is 16.9 Å². The smallest absolute Gasteiger partial charge is 0.253 e. The van der Waals surface area contributed by atoms with Crippen molar-refractivity contribution in [2.45, 2.75) is 19.9 Å². The molecule has 0 spiro atoms. The van der Waals surface area contributed by atoms with Crippen LogP contribution in [0.25, 0.3) is 10.6 Å². The van der Waals surface area contributed by atoms with Crippen molar-refractivity contribution in [3.8, 4) is 22.1 Å². The van der Waals surface area contributed by atoms with Gasteiger partial charge in [-0.1, -0.05) is 48.0 Å². The van der Waals surface area contributed by atoms with Crippen LogP contribution >= 0.6 is 11.3 Å². The quantitative estimate of drug-likeness (QED) is 0.386. The van der Waals surface area contributed by atoms with Gasteiger partial charge in [0.25, 0.3) is 5.91 Å². The van der Waals surface area contributed by atoms with Gasteiger partial charge >= 0.3 is 0 Å².